The molecule has 8 nitrogen and oxygen atoms in total. The molecule has 0 saturated carbocycles. The number of nitrogens with one attached hydrogen (secondary N) is 1. The number of hydrogen-bond acceptors (Lipinski definition) is 7. The topological polar surface area (TPSA) is 105 Å². The predicted octanol–water partition coefficient (Wildman–Crippen LogP) is 3.38. The van der Waals surface area contributed by atoms with Crippen LogP contribution in [0.2, 0.25) is 0 Å². The van der Waals surface area contributed by atoms with Gasteiger partial charge in [-0.25, -0.2) is 9.97 Å². The van der Waals surface area contributed by atoms with E-state index in [9.17, 15) is 5.26 Å². The molecule has 0 atom stereocenters. The monoisotopic (exact) mass is 359 g/mol. The third-order valence-corrected chi connectivity index (χ3v) is 4.09. The summed E-state index contributed by atoms with van der Waals surface area (Å²) in [7, 11) is 1.94. The number of nitriles is 1. The summed E-state index contributed by atoms with van der Waals surface area (Å²) >= 11 is 0. The fraction of sp³-hybridized carbons (Fsp3) is 0.211. The molecule has 0 unspecified atom stereocenters. The van der Waals surface area contributed by atoms with Crippen LogP contribution in [0.5, 0.6) is 0 Å². The van der Waals surface area contributed by atoms with Crippen molar-refractivity contribution in [2.45, 2.75) is 19.9 Å². The first-order chi connectivity index (χ1) is 13.0. The third kappa shape index (κ3) is 3.11. The smallest absolute Gasteiger partial charge is 0.266 e. The lowest BCUT2D eigenvalue weighted by atomic mass is 10.2. The number of fused-ring (bicyclic) bond motifs is 1. The van der Waals surface area contributed by atoms with Crippen molar-refractivity contribution in [2.24, 2.45) is 7.05 Å². The highest BCUT2D eigenvalue weighted by molar-refractivity contribution is 5.80. The SMILES string of the molecule is CC(C)Nc1cnc(-c2nnc(-c3ccc4c(c3)ncn4C)o2)cc1C#N. The summed E-state index contributed by atoms with van der Waals surface area (Å²) in [6, 6.07) is 9.77. The number of hydrogen-bond donors (Lipinski definition) is 1. The van der Waals surface area contributed by atoms with Crippen LogP contribution in [0.1, 0.15) is 19.4 Å². The Morgan fingerprint density at radius 1 is 1.15 bits per heavy atom. The van der Waals surface area contributed by atoms with Crippen LogP contribution in [0.4, 0.5) is 5.69 Å². The molecule has 0 saturated heterocycles. The summed E-state index contributed by atoms with van der Waals surface area (Å²) in [5.74, 6) is 0.640. The molecule has 0 aliphatic rings. The number of aromatic nitrogens is 5. The van der Waals surface area contributed by atoms with Crippen LogP contribution in [0.25, 0.3) is 34.1 Å². The van der Waals surface area contributed by atoms with E-state index in [1.165, 1.54) is 0 Å². The van der Waals surface area contributed by atoms with E-state index >= 15 is 0 Å². The van der Waals surface area contributed by atoms with Crippen molar-refractivity contribution in [3.8, 4) is 29.1 Å². The number of benzene rings is 1. The molecule has 0 radical (unpaired) electrons. The van der Waals surface area contributed by atoms with Gasteiger partial charge in [-0.3, -0.25) is 0 Å². The first kappa shape index (κ1) is 16.7. The van der Waals surface area contributed by atoms with Crippen molar-refractivity contribution in [2.75, 3.05) is 5.32 Å². The molecule has 27 heavy (non-hydrogen) atoms. The second-order valence-electron chi connectivity index (χ2n) is 6.50. The number of rotatable bonds is 4. The van der Waals surface area contributed by atoms with Gasteiger partial charge in [0.25, 0.3) is 5.89 Å². The summed E-state index contributed by atoms with van der Waals surface area (Å²) < 4.78 is 7.73. The van der Waals surface area contributed by atoms with Crippen LogP contribution in [0.15, 0.2) is 41.2 Å². The maximum Gasteiger partial charge on any atom is 0.266 e. The van der Waals surface area contributed by atoms with Gasteiger partial charge in [-0.05, 0) is 38.1 Å². The van der Waals surface area contributed by atoms with Crippen molar-refractivity contribution in [3.05, 3.63) is 42.4 Å². The van der Waals surface area contributed by atoms with Gasteiger partial charge in [0.2, 0.25) is 5.89 Å². The van der Waals surface area contributed by atoms with E-state index in [0.29, 0.717) is 22.8 Å². The average molecular weight is 359 g/mol. The van der Waals surface area contributed by atoms with E-state index < -0.39 is 0 Å². The number of pyridine rings is 1. The van der Waals surface area contributed by atoms with E-state index in [1.807, 2.05) is 43.7 Å². The Hall–Kier alpha value is -3.73. The molecule has 0 aliphatic carbocycles. The van der Waals surface area contributed by atoms with Crippen molar-refractivity contribution in [3.63, 3.8) is 0 Å². The zero-order valence-electron chi connectivity index (χ0n) is 15.1. The van der Waals surface area contributed by atoms with Crippen LogP contribution in [-0.2, 0) is 7.05 Å². The molecular weight excluding hydrogens is 342 g/mol. The molecule has 8 heteroatoms. The van der Waals surface area contributed by atoms with Crippen LogP contribution in [0, 0.1) is 11.3 Å². The van der Waals surface area contributed by atoms with Crippen molar-refractivity contribution < 1.29 is 4.42 Å². The fourth-order valence-electron chi connectivity index (χ4n) is 2.80. The largest absolute Gasteiger partial charge is 0.415 e. The van der Waals surface area contributed by atoms with Gasteiger partial charge < -0.3 is 14.3 Å². The van der Waals surface area contributed by atoms with Gasteiger partial charge in [0.15, 0.2) is 0 Å². The van der Waals surface area contributed by atoms with Crippen molar-refractivity contribution in [1.29, 1.82) is 5.26 Å². The third-order valence-electron chi connectivity index (χ3n) is 4.09. The summed E-state index contributed by atoms with van der Waals surface area (Å²) in [6.07, 6.45) is 3.37. The molecule has 0 amide bonds. The molecule has 0 aliphatic heterocycles. The Morgan fingerprint density at radius 2 is 1.96 bits per heavy atom. The van der Waals surface area contributed by atoms with Crippen molar-refractivity contribution in [1.82, 2.24) is 24.7 Å². The second-order valence-corrected chi connectivity index (χ2v) is 6.50. The van der Waals surface area contributed by atoms with E-state index in [1.54, 1.807) is 18.6 Å². The fourth-order valence-corrected chi connectivity index (χ4v) is 2.80. The summed E-state index contributed by atoms with van der Waals surface area (Å²) in [5, 5.41) is 20.8. The van der Waals surface area contributed by atoms with Crippen LogP contribution >= 0.6 is 0 Å². The van der Waals surface area contributed by atoms with Crippen molar-refractivity contribution >= 4 is 16.7 Å². The lowest BCUT2D eigenvalue weighted by Crippen LogP contribution is -2.11. The molecule has 1 aromatic carbocycles. The van der Waals surface area contributed by atoms with Gasteiger partial charge in [0, 0.05) is 18.7 Å². The maximum atomic E-state index is 9.40. The normalized spacial score (nSPS) is 11.1. The lowest BCUT2D eigenvalue weighted by molar-refractivity contribution is 0.582. The molecular formula is C19H17N7O. The highest BCUT2D eigenvalue weighted by Crippen LogP contribution is 2.27. The number of anilines is 1. The number of imidazole rings is 1. The minimum absolute atomic E-state index is 0.196. The first-order valence-electron chi connectivity index (χ1n) is 8.47. The lowest BCUT2D eigenvalue weighted by Gasteiger charge is -2.11. The Balaban J connectivity index is 1.68. The molecule has 1 N–H and O–H groups in total. The number of aryl methyl sites for hydroxylation is 1. The van der Waals surface area contributed by atoms with Crippen LogP contribution in [-0.4, -0.2) is 30.8 Å². The van der Waals surface area contributed by atoms with Gasteiger partial charge >= 0.3 is 0 Å². The molecule has 0 bridgehead atoms. The Labute approximate surface area is 155 Å². The van der Waals surface area contributed by atoms with Crippen LogP contribution < -0.4 is 5.32 Å². The standard InChI is InChI=1S/C19H17N7O/c1-11(2)23-16-9-21-15(7-13(16)8-20)19-25-24-18(27-19)12-4-5-17-14(6-12)22-10-26(17)3/h4-7,9-11,23H,1-3H3. The van der Waals surface area contributed by atoms with Gasteiger partial charge in [0.05, 0.1) is 34.8 Å². The van der Waals surface area contributed by atoms with Gasteiger partial charge in [-0.2, -0.15) is 5.26 Å². The first-order valence-corrected chi connectivity index (χ1v) is 8.47. The summed E-state index contributed by atoms with van der Waals surface area (Å²) in [6.45, 7) is 4.00. The predicted molar refractivity (Wildman–Crippen MR) is 101 cm³/mol. The molecule has 0 fully saturated rings. The van der Waals surface area contributed by atoms with Gasteiger partial charge in [-0.1, -0.05) is 0 Å². The Kier molecular flexibility index (Phi) is 4.05. The zero-order valence-corrected chi connectivity index (χ0v) is 15.1. The summed E-state index contributed by atoms with van der Waals surface area (Å²) in [5.41, 5.74) is 4.26. The molecule has 4 rings (SSSR count). The highest BCUT2D eigenvalue weighted by Gasteiger charge is 2.15. The molecule has 4 aromatic rings. The quantitative estimate of drug-likeness (QED) is 0.595. The van der Waals surface area contributed by atoms with E-state index in [4.69, 9.17) is 4.42 Å². The molecule has 3 heterocycles. The van der Waals surface area contributed by atoms with Gasteiger partial charge in [-0.15, -0.1) is 10.2 Å². The Bertz CT molecular complexity index is 1170. The highest BCUT2D eigenvalue weighted by atomic mass is 16.4. The minimum atomic E-state index is 0.196. The zero-order chi connectivity index (χ0) is 19.0. The van der Waals surface area contributed by atoms with E-state index in [-0.39, 0.29) is 11.9 Å². The molecule has 134 valence electrons. The molecule has 3 aromatic heterocycles. The van der Waals surface area contributed by atoms with E-state index in [0.717, 1.165) is 16.6 Å². The number of nitrogens with zero attached hydrogens (tertiary/aromatic N) is 6. The Morgan fingerprint density at radius 3 is 2.74 bits per heavy atom. The van der Waals surface area contributed by atoms with E-state index in [2.05, 4.69) is 31.6 Å². The second kappa shape index (κ2) is 6.53. The maximum absolute atomic E-state index is 9.40. The summed E-state index contributed by atoms with van der Waals surface area (Å²) in [4.78, 5) is 8.69. The van der Waals surface area contributed by atoms with Crippen LogP contribution in [0.3, 0.4) is 0 Å². The molecule has 0 spiro atoms. The van der Waals surface area contributed by atoms with Gasteiger partial charge in [0.1, 0.15) is 11.8 Å². The minimum Gasteiger partial charge on any atom is -0.415 e. The average Bonchev–Trinajstić information content (AvgIpc) is 3.29.